The van der Waals surface area contributed by atoms with E-state index in [9.17, 15) is 9.18 Å². The second-order valence-electron chi connectivity index (χ2n) is 3.76. The van der Waals surface area contributed by atoms with Gasteiger partial charge in [-0.25, -0.2) is 9.18 Å². The fourth-order valence-electron chi connectivity index (χ4n) is 1.48. The quantitative estimate of drug-likeness (QED) is 0.850. The Kier molecular flexibility index (Phi) is 4.30. The third-order valence-corrected chi connectivity index (χ3v) is 3.12. The van der Waals surface area contributed by atoms with Crippen LogP contribution in [0.2, 0.25) is 0 Å². The molecule has 0 amide bonds. The van der Waals surface area contributed by atoms with Crippen LogP contribution < -0.4 is 4.74 Å². The molecular formula is C14H11FO3S. The maximum absolute atomic E-state index is 13.4. The largest absolute Gasteiger partial charge is 0.488 e. The third kappa shape index (κ3) is 4.22. The lowest BCUT2D eigenvalue weighted by atomic mass is 10.2. The number of hydrogen-bond acceptors (Lipinski definition) is 3. The highest BCUT2D eigenvalue weighted by molar-refractivity contribution is 7.09. The zero-order valence-electron chi connectivity index (χ0n) is 9.88. The van der Waals surface area contributed by atoms with Crippen LogP contribution in [0.3, 0.4) is 0 Å². The molecule has 1 aromatic carbocycles. The summed E-state index contributed by atoms with van der Waals surface area (Å²) in [7, 11) is 0. The monoisotopic (exact) mass is 278 g/mol. The number of carbonyl (C=O) groups is 1. The first-order valence-electron chi connectivity index (χ1n) is 5.50. The molecule has 1 aromatic heterocycles. The maximum atomic E-state index is 13.4. The predicted molar refractivity (Wildman–Crippen MR) is 71.7 cm³/mol. The van der Waals surface area contributed by atoms with Gasteiger partial charge in [-0.05, 0) is 35.2 Å². The van der Waals surface area contributed by atoms with Crippen LogP contribution in [-0.2, 0) is 11.4 Å². The normalized spacial score (nSPS) is 10.8. The van der Waals surface area contributed by atoms with Crippen molar-refractivity contribution in [1.82, 2.24) is 0 Å². The van der Waals surface area contributed by atoms with Crippen molar-refractivity contribution in [1.29, 1.82) is 0 Å². The number of carboxylic acid groups (broad SMARTS) is 1. The molecular weight excluding hydrogens is 267 g/mol. The van der Waals surface area contributed by atoms with Crippen molar-refractivity contribution in [3.63, 3.8) is 0 Å². The maximum Gasteiger partial charge on any atom is 0.328 e. The Bertz CT molecular complexity index is 591. The van der Waals surface area contributed by atoms with Gasteiger partial charge in [-0.2, -0.15) is 0 Å². The van der Waals surface area contributed by atoms with Gasteiger partial charge in [0.05, 0.1) is 0 Å². The lowest BCUT2D eigenvalue weighted by Gasteiger charge is -2.06. The van der Waals surface area contributed by atoms with Gasteiger partial charge in [0, 0.05) is 17.0 Å². The van der Waals surface area contributed by atoms with E-state index in [1.807, 2.05) is 17.5 Å². The molecule has 2 aromatic rings. The number of aliphatic carboxylic acids is 1. The van der Waals surface area contributed by atoms with Gasteiger partial charge in [-0.1, -0.05) is 6.07 Å². The van der Waals surface area contributed by atoms with Crippen LogP contribution in [0.1, 0.15) is 10.4 Å². The Morgan fingerprint density at radius 1 is 1.42 bits per heavy atom. The standard InChI is InChI=1S/C14H11FO3S/c15-11-6-10(3-4-14(16)17)7-12(8-11)18-9-13-2-1-5-19-13/h1-8H,9H2,(H,16,17)/b4-3+. The lowest BCUT2D eigenvalue weighted by molar-refractivity contribution is -0.131. The Morgan fingerprint density at radius 3 is 2.95 bits per heavy atom. The molecule has 2 rings (SSSR count). The first-order chi connectivity index (χ1) is 9.13. The molecule has 98 valence electrons. The summed E-state index contributed by atoms with van der Waals surface area (Å²) in [5.74, 6) is -1.17. The van der Waals surface area contributed by atoms with Gasteiger partial charge in [0.1, 0.15) is 18.2 Å². The summed E-state index contributed by atoms with van der Waals surface area (Å²) in [4.78, 5) is 11.4. The highest BCUT2D eigenvalue weighted by Gasteiger charge is 2.02. The van der Waals surface area contributed by atoms with Crippen LogP contribution in [-0.4, -0.2) is 11.1 Å². The topological polar surface area (TPSA) is 46.5 Å². The molecule has 0 fully saturated rings. The van der Waals surface area contributed by atoms with Crippen LogP contribution >= 0.6 is 11.3 Å². The number of ether oxygens (including phenoxy) is 1. The van der Waals surface area contributed by atoms with Crippen molar-refractivity contribution < 1.29 is 19.0 Å². The Morgan fingerprint density at radius 2 is 2.26 bits per heavy atom. The molecule has 3 nitrogen and oxygen atoms in total. The van der Waals surface area contributed by atoms with Gasteiger partial charge in [-0.15, -0.1) is 11.3 Å². The molecule has 0 aliphatic heterocycles. The first kappa shape index (κ1) is 13.3. The summed E-state index contributed by atoms with van der Waals surface area (Å²) in [5.41, 5.74) is 0.448. The molecule has 19 heavy (non-hydrogen) atoms. The molecule has 0 saturated carbocycles. The molecule has 0 bridgehead atoms. The van der Waals surface area contributed by atoms with Gasteiger partial charge in [0.2, 0.25) is 0 Å². The van der Waals surface area contributed by atoms with E-state index >= 15 is 0 Å². The van der Waals surface area contributed by atoms with E-state index in [1.165, 1.54) is 18.2 Å². The van der Waals surface area contributed by atoms with Crippen molar-refractivity contribution in [2.45, 2.75) is 6.61 Å². The average Bonchev–Trinajstić information content (AvgIpc) is 2.86. The van der Waals surface area contributed by atoms with Gasteiger partial charge < -0.3 is 9.84 Å². The Balaban J connectivity index is 2.10. The number of halogens is 1. The molecule has 1 N–H and O–H groups in total. The van der Waals surface area contributed by atoms with Crippen LogP contribution in [0.15, 0.2) is 41.8 Å². The average molecular weight is 278 g/mol. The van der Waals surface area contributed by atoms with Crippen molar-refractivity contribution >= 4 is 23.4 Å². The highest BCUT2D eigenvalue weighted by Crippen LogP contribution is 2.20. The minimum Gasteiger partial charge on any atom is -0.488 e. The number of thiophene rings is 1. The molecule has 5 heteroatoms. The van der Waals surface area contributed by atoms with Crippen molar-refractivity contribution in [3.05, 3.63) is 58.0 Å². The summed E-state index contributed by atoms with van der Waals surface area (Å²) >= 11 is 1.55. The van der Waals surface area contributed by atoms with Gasteiger partial charge in [-0.3, -0.25) is 0 Å². The summed E-state index contributed by atoms with van der Waals surface area (Å²) in [6.45, 7) is 0.364. The minimum absolute atomic E-state index is 0.364. The SMILES string of the molecule is O=C(O)/C=C/c1cc(F)cc(OCc2cccs2)c1. The van der Waals surface area contributed by atoms with Gasteiger partial charge in [0.25, 0.3) is 0 Å². The smallest absolute Gasteiger partial charge is 0.328 e. The minimum atomic E-state index is -1.08. The second kappa shape index (κ2) is 6.15. The zero-order valence-corrected chi connectivity index (χ0v) is 10.7. The van der Waals surface area contributed by atoms with Crippen LogP contribution in [0.4, 0.5) is 4.39 Å². The Labute approximate surface area is 113 Å². The highest BCUT2D eigenvalue weighted by atomic mass is 32.1. The van der Waals surface area contributed by atoms with E-state index in [4.69, 9.17) is 9.84 Å². The molecule has 0 unspecified atom stereocenters. The van der Waals surface area contributed by atoms with Gasteiger partial charge in [0.15, 0.2) is 0 Å². The fraction of sp³-hybridized carbons (Fsp3) is 0.0714. The van der Waals surface area contributed by atoms with E-state index in [-0.39, 0.29) is 0 Å². The fourth-order valence-corrected chi connectivity index (χ4v) is 2.10. The molecule has 0 atom stereocenters. The van der Waals surface area contributed by atoms with Crippen molar-refractivity contribution in [3.8, 4) is 5.75 Å². The third-order valence-electron chi connectivity index (χ3n) is 2.27. The summed E-state index contributed by atoms with van der Waals surface area (Å²) in [6.07, 6.45) is 2.28. The van der Waals surface area contributed by atoms with E-state index in [2.05, 4.69) is 0 Å². The molecule has 0 saturated heterocycles. The first-order valence-corrected chi connectivity index (χ1v) is 6.38. The van der Waals surface area contributed by atoms with E-state index in [0.29, 0.717) is 17.9 Å². The second-order valence-corrected chi connectivity index (χ2v) is 4.79. The van der Waals surface area contributed by atoms with Crippen LogP contribution in [0.5, 0.6) is 5.75 Å². The van der Waals surface area contributed by atoms with E-state index in [1.54, 1.807) is 17.4 Å². The van der Waals surface area contributed by atoms with E-state index < -0.39 is 11.8 Å². The molecule has 0 aliphatic carbocycles. The lowest BCUT2D eigenvalue weighted by Crippen LogP contribution is -1.94. The number of benzene rings is 1. The summed E-state index contributed by atoms with van der Waals surface area (Å²) in [5, 5.41) is 10.5. The number of carboxylic acids is 1. The molecule has 0 radical (unpaired) electrons. The van der Waals surface area contributed by atoms with Crippen LogP contribution in [0, 0.1) is 5.82 Å². The predicted octanol–water partition coefficient (Wildman–Crippen LogP) is 3.56. The Hall–Kier alpha value is -2.14. The number of rotatable bonds is 5. The molecule has 0 spiro atoms. The molecule has 1 heterocycles. The summed E-state index contributed by atoms with van der Waals surface area (Å²) in [6, 6.07) is 7.95. The van der Waals surface area contributed by atoms with Gasteiger partial charge >= 0.3 is 5.97 Å². The zero-order chi connectivity index (χ0) is 13.7. The van der Waals surface area contributed by atoms with Crippen molar-refractivity contribution in [2.24, 2.45) is 0 Å². The molecule has 0 aliphatic rings. The number of hydrogen-bond donors (Lipinski definition) is 1. The summed E-state index contributed by atoms with van der Waals surface area (Å²) < 4.78 is 18.8. The van der Waals surface area contributed by atoms with Crippen LogP contribution in [0.25, 0.3) is 6.08 Å². The van der Waals surface area contributed by atoms with Crippen molar-refractivity contribution in [2.75, 3.05) is 0 Å². The van der Waals surface area contributed by atoms with E-state index in [0.717, 1.165) is 11.0 Å².